The average Bonchev–Trinajstić information content (AvgIpc) is 2.42. The van der Waals surface area contributed by atoms with Gasteiger partial charge in [-0.25, -0.2) is 8.42 Å². The molecule has 0 unspecified atom stereocenters. The molecule has 0 saturated carbocycles. The summed E-state index contributed by atoms with van der Waals surface area (Å²) >= 11 is 5.88. The van der Waals surface area contributed by atoms with Gasteiger partial charge in [-0.05, 0) is 18.6 Å². The summed E-state index contributed by atoms with van der Waals surface area (Å²) in [7, 11) is -1.82. The number of amides is 1. The Morgan fingerprint density at radius 3 is 2.55 bits per heavy atom. The zero-order valence-corrected chi connectivity index (χ0v) is 13.4. The van der Waals surface area contributed by atoms with E-state index in [0.717, 1.165) is 12.8 Å². The van der Waals surface area contributed by atoms with Gasteiger partial charge in [-0.2, -0.15) is 0 Å². The van der Waals surface area contributed by atoms with E-state index < -0.39 is 9.84 Å². The van der Waals surface area contributed by atoms with Crippen LogP contribution in [0.4, 0.5) is 0 Å². The molecule has 0 aliphatic rings. The zero-order chi connectivity index (χ0) is 15.2. The van der Waals surface area contributed by atoms with Gasteiger partial charge < -0.3 is 4.90 Å². The van der Waals surface area contributed by atoms with Crippen molar-refractivity contribution < 1.29 is 13.2 Å². The van der Waals surface area contributed by atoms with Gasteiger partial charge in [0.25, 0.3) is 0 Å². The van der Waals surface area contributed by atoms with Crippen molar-refractivity contribution >= 4 is 27.3 Å². The molecule has 4 nitrogen and oxygen atoms in total. The Morgan fingerprint density at radius 2 is 1.95 bits per heavy atom. The number of hydrogen-bond donors (Lipinski definition) is 0. The van der Waals surface area contributed by atoms with Gasteiger partial charge in [-0.1, -0.05) is 37.1 Å². The Balaban J connectivity index is 2.65. The molecule has 0 aliphatic heterocycles. The van der Waals surface area contributed by atoms with E-state index in [1.165, 1.54) is 12.1 Å². The molecular weight excluding hydrogens is 298 g/mol. The fourth-order valence-electron chi connectivity index (χ4n) is 1.74. The van der Waals surface area contributed by atoms with Gasteiger partial charge in [0.2, 0.25) is 5.91 Å². The monoisotopic (exact) mass is 317 g/mol. The van der Waals surface area contributed by atoms with Gasteiger partial charge in [0, 0.05) is 20.0 Å². The van der Waals surface area contributed by atoms with Crippen LogP contribution in [-0.4, -0.2) is 38.6 Å². The third-order valence-corrected chi connectivity index (χ3v) is 5.24. The fraction of sp³-hybridized carbons (Fsp3) is 0.500. The minimum atomic E-state index is -3.52. The third kappa shape index (κ3) is 4.80. The van der Waals surface area contributed by atoms with Crippen molar-refractivity contribution in [2.45, 2.75) is 31.1 Å². The lowest BCUT2D eigenvalue weighted by atomic mass is 10.3. The number of nitrogens with zero attached hydrogens (tertiary/aromatic N) is 1. The van der Waals surface area contributed by atoms with E-state index in [1.54, 1.807) is 24.1 Å². The number of rotatable bonds is 7. The predicted molar refractivity (Wildman–Crippen MR) is 80.7 cm³/mol. The third-order valence-electron chi connectivity index (χ3n) is 3.03. The van der Waals surface area contributed by atoms with Crippen LogP contribution in [0.25, 0.3) is 0 Å². The van der Waals surface area contributed by atoms with Gasteiger partial charge in [-0.3, -0.25) is 4.79 Å². The predicted octanol–water partition coefficient (Wildman–Crippen LogP) is 2.76. The van der Waals surface area contributed by atoms with Gasteiger partial charge >= 0.3 is 0 Å². The second-order valence-corrected chi connectivity index (χ2v) is 7.15. The first-order chi connectivity index (χ1) is 9.38. The highest BCUT2D eigenvalue weighted by molar-refractivity contribution is 7.91. The van der Waals surface area contributed by atoms with Crippen molar-refractivity contribution in [1.82, 2.24) is 4.90 Å². The first-order valence-corrected chi connectivity index (χ1v) is 8.62. The number of carbonyl (C=O) groups is 1. The Morgan fingerprint density at radius 1 is 1.30 bits per heavy atom. The SMILES string of the molecule is CCCCN(C)C(=O)CCS(=O)(=O)c1ccccc1Cl. The largest absolute Gasteiger partial charge is 0.346 e. The molecule has 0 heterocycles. The number of hydrogen-bond acceptors (Lipinski definition) is 3. The molecule has 6 heteroatoms. The highest BCUT2D eigenvalue weighted by atomic mass is 35.5. The molecular formula is C14H20ClNO3S. The lowest BCUT2D eigenvalue weighted by Gasteiger charge is -2.16. The zero-order valence-electron chi connectivity index (χ0n) is 11.8. The van der Waals surface area contributed by atoms with Crippen molar-refractivity contribution in [2.75, 3.05) is 19.3 Å². The number of sulfone groups is 1. The number of carbonyl (C=O) groups excluding carboxylic acids is 1. The molecule has 0 bridgehead atoms. The molecule has 0 fully saturated rings. The van der Waals surface area contributed by atoms with Crippen molar-refractivity contribution in [3.05, 3.63) is 29.3 Å². The van der Waals surface area contributed by atoms with Crippen LogP contribution in [0.2, 0.25) is 5.02 Å². The maximum Gasteiger partial charge on any atom is 0.223 e. The average molecular weight is 318 g/mol. The summed E-state index contributed by atoms with van der Waals surface area (Å²) in [5.74, 6) is -0.374. The summed E-state index contributed by atoms with van der Waals surface area (Å²) in [5, 5.41) is 0.194. The first kappa shape index (κ1) is 17.0. The van der Waals surface area contributed by atoms with Crippen LogP contribution in [0.3, 0.4) is 0 Å². The van der Waals surface area contributed by atoms with Gasteiger partial charge in [-0.15, -0.1) is 0 Å². The van der Waals surface area contributed by atoms with Gasteiger partial charge in [0.05, 0.1) is 15.7 Å². The fourth-order valence-corrected chi connectivity index (χ4v) is 3.54. The molecule has 0 radical (unpaired) electrons. The summed E-state index contributed by atoms with van der Waals surface area (Å²) in [4.78, 5) is 13.5. The summed E-state index contributed by atoms with van der Waals surface area (Å²) in [6.45, 7) is 2.70. The van der Waals surface area contributed by atoms with E-state index in [0.29, 0.717) is 6.54 Å². The van der Waals surface area contributed by atoms with Crippen LogP contribution in [0.15, 0.2) is 29.2 Å². The van der Waals surface area contributed by atoms with Crippen LogP contribution in [0.5, 0.6) is 0 Å². The van der Waals surface area contributed by atoms with Crippen molar-refractivity contribution in [1.29, 1.82) is 0 Å². The molecule has 0 atom stereocenters. The topological polar surface area (TPSA) is 54.5 Å². The first-order valence-electron chi connectivity index (χ1n) is 6.59. The van der Waals surface area contributed by atoms with Crippen molar-refractivity contribution in [3.8, 4) is 0 Å². The van der Waals surface area contributed by atoms with E-state index in [-0.39, 0.29) is 28.0 Å². The molecule has 1 amide bonds. The second-order valence-electron chi connectivity index (χ2n) is 4.67. The maximum absolute atomic E-state index is 12.1. The molecule has 0 aromatic heterocycles. The Hall–Kier alpha value is -1.07. The normalized spacial score (nSPS) is 11.3. The molecule has 1 rings (SSSR count). The molecule has 0 spiro atoms. The molecule has 1 aromatic rings. The standard InChI is InChI=1S/C14H20ClNO3S/c1-3-4-10-16(2)14(17)9-11-20(18,19)13-8-6-5-7-12(13)15/h5-8H,3-4,9-11H2,1-2H3. The summed E-state index contributed by atoms with van der Waals surface area (Å²) < 4.78 is 24.3. The maximum atomic E-state index is 12.1. The molecule has 20 heavy (non-hydrogen) atoms. The van der Waals surface area contributed by atoms with E-state index in [4.69, 9.17) is 11.6 Å². The summed E-state index contributed by atoms with van der Waals surface area (Å²) in [6.07, 6.45) is 1.89. The minimum Gasteiger partial charge on any atom is -0.346 e. The van der Waals surface area contributed by atoms with Crippen molar-refractivity contribution in [3.63, 3.8) is 0 Å². The number of benzene rings is 1. The minimum absolute atomic E-state index is 0.0201. The molecule has 1 aromatic carbocycles. The van der Waals surface area contributed by atoms with E-state index in [9.17, 15) is 13.2 Å². The Bertz CT molecular complexity index is 557. The summed E-state index contributed by atoms with van der Waals surface area (Å²) in [6, 6.07) is 6.28. The quantitative estimate of drug-likeness (QED) is 0.777. The van der Waals surface area contributed by atoms with Gasteiger partial charge in [0.15, 0.2) is 9.84 Å². The van der Waals surface area contributed by atoms with Crippen LogP contribution in [0.1, 0.15) is 26.2 Å². The lowest BCUT2D eigenvalue weighted by Crippen LogP contribution is -2.29. The highest BCUT2D eigenvalue weighted by Gasteiger charge is 2.20. The number of unbranched alkanes of at least 4 members (excludes halogenated alkanes) is 1. The van der Waals surface area contributed by atoms with Crippen LogP contribution < -0.4 is 0 Å². The van der Waals surface area contributed by atoms with Crippen molar-refractivity contribution in [2.24, 2.45) is 0 Å². The van der Waals surface area contributed by atoms with E-state index in [2.05, 4.69) is 0 Å². The molecule has 0 saturated heterocycles. The van der Waals surface area contributed by atoms with E-state index >= 15 is 0 Å². The number of halogens is 1. The molecule has 0 N–H and O–H groups in total. The smallest absolute Gasteiger partial charge is 0.223 e. The van der Waals surface area contributed by atoms with Crippen LogP contribution >= 0.6 is 11.6 Å². The second kappa shape index (κ2) is 7.64. The van der Waals surface area contributed by atoms with E-state index in [1.807, 2.05) is 6.92 Å². The summed E-state index contributed by atoms with van der Waals surface area (Å²) in [5.41, 5.74) is 0. The highest BCUT2D eigenvalue weighted by Crippen LogP contribution is 2.22. The van der Waals surface area contributed by atoms with Crippen LogP contribution in [0, 0.1) is 0 Å². The Kier molecular flexibility index (Phi) is 6.49. The molecule has 112 valence electrons. The lowest BCUT2D eigenvalue weighted by molar-refractivity contribution is -0.129. The van der Waals surface area contributed by atoms with Crippen LogP contribution in [-0.2, 0) is 14.6 Å². The van der Waals surface area contributed by atoms with Gasteiger partial charge in [0.1, 0.15) is 0 Å². The Labute approximate surface area is 125 Å². The molecule has 0 aliphatic carbocycles.